The summed E-state index contributed by atoms with van der Waals surface area (Å²) in [6.45, 7) is 2.80. The van der Waals surface area contributed by atoms with Crippen LogP contribution in [0.4, 0.5) is 10.1 Å². The van der Waals surface area contributed by atoms with Gasteiger partial charge in [-0.25, -0.2) is 9.18 Å². The van der Waals surface area contributed by atoms with E-state index in [0.717, 1.165) is 19.3 Å². The maximum atomic E-state index is 13.4. The van der Waals surface area contributed by atoms with Crippen molar-refractivity contribution >= 4 is 11.7 Å². The number of hydrogen-bond acceptors (Lipinski definition) is 2. The highest BCUT2D eigenvalue weighted by Crippen LogP contribution is 2.16. The highest BCUT2D eigenvalue weighted by Gasteiger charge is 2.07. The molecule has 1 aromatic carbocycles. The summed E-state index contributed by atoms with van der Waals surface area (Å²) in [6.07, 6.45) is 4.39. The smallest absolute Gasteiger partial charge is 0.335 e. The summed E-state index contributed by atoms with van der Waals surface area (Å²) in [5, 5.41) is 11.7. The molecule has 0 heterocycles. The van der Waals surface area contributed by atoms with Crippen LogP contribution < -0.4 is 5.32 Å². The van der Waals surface area contributed by atoms with Gasteiger partial charge in [-0.2, -0.15) is 0 Å². The molecule has 0 amide bonds. The van der Waals surface area contributed by atoms with Gasteiger partial charge in [0, 0.05) is 6.54 Å². The minimum Gasteiger partial charge on any atom is -0.478 e. The van der Waals surface area contributed by atoms with E-state index in [-0.39, 0.29) is 11.3 Å². The Morgan fingerprint density at radius 2 is 2.12 bits per heavy atom. The molecule has 4 heteroatoms. The first-order chi connectivity index (χ1) is 8.15. The molecule has 2 N–H and O–H groups in total. The first kappa shape index (κ1) is 13.5. The average molecular weight is 239 g/mol. The normalized spacial score (nSPS) is 10.2. The van der Waals surface area contributed by atoms with Crippen LogP contribution in [-0.2, 0) is 0 Å². The summed E-state index contributed by atoms with van der Waals surface area (Å²) in [5.41, 5.74) is 0.365. The van der Waals surface area contributed by atoms with Gasteiger partial charge in [-0.15, -0.1) is 0 Å². The number of carboxylic acids is 1. The van der Waals surface area contributed by atoms with Crippen LogP contribution in [0.3, 0.4) is 0 Å². The quantitative estimate of drug-likeness (QED) is 0.716. The second-order valence-electron chi connectivity index (χ2n) is 3.99. The third kappa shape index (κ3) is 4.43. The summed E-state index contributed by atoms with van der Waals surface area (Å²) in [7, 11) is 0. The molecule has 0 saturated carbocycles. The van der Waals surface area contributed by atoms with E-state index < -0.39 is 11.8 Å². The molecule has 0 aliphatic heterocycles. The zero-order valence-corrected chi connectivity index (χ0v) is 10.0. The van der Waals surface area contributed by atoms with Crippen molar-refractivity contribution in [3.8, 4) is 0 Å². The number of carbonyl (C=O) groups is 1. The molecule has 0 unspecified atom stereocenters. The maximum Gasteiger partial charge on any atom is 0.335 e. The number of anilines is 1. The zero-order valence-electron chi connectivity index (χ0n) is 10.0. The van der Waals surface area contributed by atoms with Gasteiger partial charge in [0.25, 0.3) is 0 Å². The van der Waals surface area contributed by atoms with Gasteiger partial charge in [-0.1, -0.05) is 26.2 Å². The van der Waals surface area contributed by atoms with E-state index in [2.05, 4.69) is 12.2 Å². The largest absolute Gasteiger partial charge is 0.478 e. The second-order valence-corrected chi connectivity index (χ2v) is 3.99. The van der Waals surface area contributed by atoms with Crippen molar-refractivity contribution in [1.29, 1.82) is 0 Å². The lowest BCUT2D eigenvalue weighted by Crippen LogP contribution is -2.05. The summed E-state index contributed by atoms with van der Waals surface area (Å²) in [6, 6.07) is 3.77. The summed E-state index contributed by atoms with van der Waals surface area (Å²) in [4.78, 5) is 10.7. The van der Waals surface area contributed by atoms with Gasteiger partial charge in [0.05, 0.1) is 11.3 Å². The van der Waals surface area contributed by atoms with Crippen LogP contribution in [-0.4, -0.2) is 17.6 Å². The number of unbranched alkanes of at least 4 members (excludes halogenated alkanes) is 3. The van der Waals surface area contributed by atoms with Crippen LogP contribution in [0.1, 0.15) is 43.0 Å². The fourth-order valence-corrected chi connectivity index (χ4v) is 1.57. The zero-order chi connectivity index (χ0) is 12.7. The number of nitrogens with one attached hydrogen (secondary N) is 1. The fourth-order valence-electron chi connectivity index (χ4n) is 1.57. The molecule has 0 radical (unpaired) electrons. The third-order valence-electron chi connectivity index (χ3n) is 2.56. The Hall–Kier alpha value is -1.58. The van der Waals surface area contributed by atoms with Crippen LogP contribution in [0.2, 0.25) is 0 Å². The van der Waals surface area contributed by atoms with Crippen molar-refractivity contribution in [3.05, 3.63) is 29.6 Å². The molecule has 17 heavy (non-hydrogen) atoms. The molecule has 3 nitrogen and oxygen atoms in total. The lowest BCUT2D eigenvalue weighted by Gasteiger charge is -2.08. The molecule has 1 aromatic rings. The molecular weight excluding hydrogens is 221 g/mol. The molecule has 0 bridgehead atoms. The Morgan fingerprint density at radius 1 is 1.35 bits per heavy atom. The van der Waals surface area contributed by atoms with Crippen molar-refractivity contribution in [3.63, 3.8) is 0 Å². The molecule has 0 aliphatic rings. The topological polar surface area (TPSA) is 49.3 Å². The Kier molecular flexibility index (Phi) is 5.46. The SMILES string of the molecule is CCCCCCNc1cc(C(=O)O)ccc1F. The first-order valence-corrected chi connectivity index (χ1v) is 5.92. The Bertz CT molecular complexity index is 380. The molecule has 0 aliphatic carbocycles. The standard InChI is InChI=1S/C13H18FNO2/c1-2-3-4-5-8-15-12-9-10(13(16)17)6-7-11(12)14/h6-7,9,15H,2-5,8H2,1H3,(H,16,17). The highest BCUT2D eigenvalue weighted by atomic mass is 19.1. The van der Waals surface area contributed by atoms with Gasteiger partial charge in [0.2, 0.25) is 0 Å². The third-order valence-corrected chi connectivity index (χ3v) is 2.56. The second kappa shape index (κ2) is 6.89. The van der Waals surface area contributed by atoms with Crippen molar-refractivity contribution in [1.82, 2.24) is 0 Å². The molecular formula is C13H18FNO2. The van der Waals surface area contributed by atoms with Crippen molar-refractivity contribution < 1.29 is 14.3 Å². The summed E-state index contributed by atoms with van der Waals surface area (Å²) < 4.78 is 13.4. The van der Waals surface area contributed by atoms with Crippen LogP contribution in [0.25, 0.3) is 0 Å². The number of carboxylic acid groups (broad SMARTS) is 1. The number of aromatic carboxylic acids is 1. The van der Waals surface area contributed by atoms with E-state index in [1.807, 2.05) is 0 Å². The lowest BCUT2D eigenvalue weighted by molar-refractivity contribution is 0.0697. The lowest BCUT2D eigenvalue weighted by atomic mass is 10.1. The van der Waals surface area contributed by atoms with Crippen LogP contribution in [0.15, 0.2) is 18.2 Å². The predicted octanol–water partition coefficient (Wildman–Crippen LogP) is 3.52. The Labute approximate surface area is 101 Å². The van der Waals surface area contributed by atoms with Crippen LogP contribution in [0, 0.1) is 5.82 Å². The van der Waals surface area contributed by atoms with Gasteiger partial charge < -0.3 is 10.4 Å². The van der Waals surface area contributed by atoms with E-state index in [0.29, 0.717) is 6.54 Å². The maximum absolute atomic E-state index is 13.4. The minimum atomic E-state index is -1.04. The Morgan fingerprint density at radius 3 is 2.76 bits per heavy atom. The van der Waals surface area contributed by atoms with E-state index in [9.17, 15) is 9.18 Å². The minimum absolute atomic E-state index is 0.0995. The van der Waals surface area contributed by atoms with E-state index in [1.54, 1.807) is 0 Å². The molecule has 0 fully saturated rings. The first-order valence-electron chi connectivity index (χ1n) is 5.92. The number of hydrogen-bond donors (Lipinski definition) is 2. The van der Waals surface area contributed by atoms with E-state index in [4.69, 9.17) is 5.11 Å². The summed E-state index contributed by atoms with van der Waals surface area (Å²) >= 11 is 0. The van der Waals surface area contributed by atoms with Gasteiger partial charge >= 0.3 is 5.97 Å². The number of rotatable bonds is 7. The monoisotopic (exact) mass is 239 g/mol. The molecule has 0 atom stereocenters. The van der Waals surface area contributed by atoms with Gasteiger partial charge in [-0.05, 0) is 24.6 Å². The molecule has 0 spiro atoms. The average Bonchev–Trinajstić information content (AvgIpc) is 2.30. The van der Waals surface area contributed by atoms with Crippen molar-refractivity contribution in [2.75, 3.05) is 11.9 Å². The van der Waals surface area contributed by atoms with Gasteiger partial charge in [0.15, 0.2) is 0 Å². The fraction of sp³-hybridized carbons (Fsp3) is 0.462. The number of benzene rings is 1. The van der Waals surface area contributed by atoms with Crippen LogP contribution >= 0.6 is 0 Å². The molecule has 1 rings (SSSR count). The molecule has 0 saturated heterocycles. The predicted molar refractivity (Wildman–Crippen MR) is 66.0 cm³/mol. The van der Waals surface area contributed by atoms with E-state index in [1.165, 1.54) is 24.6 Å². The van der Waals surface area contributed by atoms with Gasteiger partial charge in [0.1, 0.15) is 5.82 Å². The van der Waals surface area contributed by atoms with Crippen molar-refractivity contribution in [2.45, 2.75) is 32.6 Å². The summed E-state index contributed by atoms with van der Waals surface area (Å²) in [5.74, 6) is -1.45. The molecule has 0 aromatic heterocycles. The highest BCUT2D eigenvalue weighted by molar-refractivity contribution is 5.88. The van der Waals surface area contributed by atoms with Crippen LogP contribution in [0.5, 0.6) is 0 Å². The van der Waals surface area contributed by atoms with Gasteiger partial charge in [-0.3, -0.25) is 0 Å². The van der Waals surface area contributed by atoms with E-state index >= 15 is 0 Å². The van der Waals surface area contributed by atoms with Crippen molar-refractivity contribution in [2.24, 2.45) is 0 Å². The number of halogens is 1. The Balaban J connectivity index is 2.51. The molecule has 94 valence electrons.